The van der Waals surface area contributed by atoms with Gasteiger partial charge in [-0.15, -0.1) is 0 Å². The lowest BCUT2D eigenvalue weighted by atomic mass is 9.97. The van der Waals surface area contributed by atoms with Crippen molar-refractivity contribution in [2.45, 2.75) is 12.8 Å². The van der Waals surface area contributed by atoms with Gasteiger partial charge in [0.05, 0.1) is 5.92 Å². The zero-order valence-electron chi connectivity index (χ0n) is 11.2. The maximum atomic E-state index is 12.1. The van der Waals surface area contributed by atoms with E-state index in [4.69, 9.17) is 10.6 Å². The summed E-state index contributed by atoms with van der Waals surface area (Å²) < 4.78 is 5.43. The maximum absolute atomic E-state index is 12.1. The number of rotatable bonds is 4. The van der Waals surface area contributed by atoms with E-state index in [1.807, 2.05) is 18.2 Å². The largest absolute Gasteiger partial charge is 0.484 e. The Balaban J connectivity index is 1.84. The van der Waals surface area contributed by atoms with Crippen molar-refractivity contribution < 1.29 is 14.3 Å². The van der Waals surface area contributed by atoms with Gasteiger partial charge in [0.2, 0.25) is 5.91 Å². The molecule has 0 aliphatic carbocycles. The van der Waals surface area contributed by atoms with E-state index in [0.29, 0.717) is 18.8 Å². The van der Waals surface area contributed by atoms with Crippen LogP contribution < -0.4 is 16.0 Å². The maximum Gasteiger partial charge on any atom is 0.260 e. The fraction of sp³-hybridized carbons (Fsp3) is 0.429. The molecule has 6 heteroatoms. The Morgan fingerprint density at radius 3 is 2.80 bits per heavy atom. The van der Waals surface area contributed by atoms with Crippen molar-refractivity contribution in [2.75, 3.05) is 19.7 Å². The van der Waals surface area contributed by atoms with Crippen LogP contribution >= 0.6 is 0 Å². The molecule has 1 aromatic carbocycles. The molecule has 1 heterocycles. The predicted molar refractivity (Wildman–Crippen MR) is 73.6 cm³/mol. The van der Waals surface area contributed by atoms with E-state index in [2.05, 4.69) is 5.43 Å². The molecule has 0 spiro atoms. The van der Waals surface area contributed by atoms with Crippen LogP contribution in [0.3, 0.4) is 0 Å². The number of carbonyl (C=O) groups excluding carboxylic acids is 2. The number of hydrogen-bond donors (Lipinski definition) is 2. The van der Waals surface area contributed by atoms with Crippen molar-refractivity contribution in [3.05, 3.63) is 30.3 Å². The molecular formula is C14H19N3O3. The zero-order chi connectivity index (χ0) is 14.4. The fourth-order valence-electron chi connectivity index (χ4n) is 2.29. The Morgan fingerprint density at radius 1 is 1.35 bits per heavy atom. The van der Waals surface area contributed by atoms with E-state index >= 15 is 0 Å². The van der Waals surface area contributed by atoms with Crippen LogP contribution in [-0.2, 0) is 9.59 Å². The van der Waals surface area contributed by atoms with Gasteiger partial charge in [0.1, 0.15) is 5.75 Å². The van der Waals surface area contributed by atoms with Crippen molar-refractivity contribution in [2.24, 2.45) is 11.8 Å². The highest BCUT2D eigenvalue weighted by Gasteiger charge is 2.28. The fourth-order valence-corrected chi connectivity index (χ4v) is 2.29. The minimum atomic E-state index is -0.227. The molecule has 108 valence electrons. The quantitative estimate of drug-likeness (QED) is 0.471. The lowest BCUT2D eigenvalue weighted by Crippen LogP contribution is -2.48. The number of likely N-dealkylation sites (tertiary alicyclic amines) is 1. The zero-order valence-corrected chi connectivity index (χ0v) is 11.2. The van der Waals surface area contributed by atoms with Crippen molar-refractivity contribution in [3.63, 3.8) is 0 Å². The van der Waals surface area contributed by atoms with Gasteiger partial charge in [-0.3, -0.25) is 15.0 Å². The van der Waals surface area contributed by atoms with Crippen molar-refractivity contribution in [3.8, 4) is 5.75 Å². The average molecular weight is 277 g/mol. The van der Waals surface area contributed by atoms with Crippen molar-refractivity contribution in [1.82, 2.24) is 10.3 Å². The summed E-state index contributed by atoms with van der Waals surface area (Å²) in [4.78, 5) is 25.2. The Bertz CT molecular complexity index is 464. The van der Waals surface area contributed by atoms with Crippen molar-refractivity contribution >= 4 is 11.8 Å². The van der Waals surface area contributed by atoms with Crippen molar-refractivity contribution in [1.29, 1.82) is 0 Å². The van der Waals surface area contributed by atoms with E-state index in [0.717, 1.165) is 12.8 Å². The second-order valence-corrected chi connectivity index (χ2v) is 4.79. The Morgan fingerprint density at radius 2 is 2.10 bits per heavy atom. The smallest absolute Gasteiger partial charge is 0.260 e. The molecule has 1 aliphatic rings. The number of piperidine rings is 1. The molecule has 3 N–H and O–H groups in total. The number of hydrogen-bond acceptors (Lipinski definition) is 4. The van der Waals surface area contributed by atoms with Gasteiger partial charge >= 0.3 is 0 Å². The van der Waals surface area contributed by atoms with Crippen LogP contribution in [-0.4, -0.2) is 36.4 Å². The van der Waals surface area contributed by atoms with E-state index in [9.17, 15) is 9.59 Å². The second kappa shape index (κ2) is 6.91. The first-order valence-corrected chi connectivity index (χ1v) is 6.67. The van der Waals surface area contributed by atoms with E-state index in [1.165, 1.54) is 0 Å². The van der Waals surface area contributed by atoms with Crippen LogP contribution in [0.25, 0.3) is 0 Å². The van der Waals surface area contributed by atoms with E-state index in [-0.39, 0.29) is 24.3 Å². The van der Waals surface area contributed by atoms with Gasteiger partial charge in [-0.25, -0.2) is 5.84 Å². The molecule has 0 radical (unpaired) electrons. The van der Waals surface area contributed by atoms with Crippen LogP contribution in [0.4, 0.5) is 0 Å². The number of nitrogens with zero attached hydrogens (tertiary/aromatic N) is 1. The molecule has 1 aliphatic heterocycles. The van der Waals surface area contributed by atoms with E-state index < -0.39 is 0 Å². The molecule has 0 aromatic heterocycles. The lowest BCUT2D eigenvalue weighted by Gasteiger charge is -2.31. The summed E-state index contributed by atoms with van der Waals surface area (Å²) in [5.41, 5.74) is 2.14. The number of ether oxygens (including phenoxy) is 1. The minimum absolute atomic E-state index is 0.0129. The minimum Gasteiger partial charge on any atom is -0.484 e. The summed E-state index contributed by atoms with van der Waals surface area (Å²) >= 11 is 0. The molecule has 6 nitrogen and oxygen atoms in total. The van der Waals surface area contributed by atoms with Crippen LogP contribution in [0.15, 0.2) is 30.3 Å². The number of amides is 2. The Hall–Kier alpha value is -2.08. The number of hydrazine groups is 1. The highest BCUT2D eigenvalue weighted by atomic mass is 16.5. The SMILES string of the molecule is NNC(=O)C1CCCN(C(=O)COc2ccccc2)C1. The predicted octanol–water partition coefficient (Wildman–Crippen LogP) is 0.294. The van der Waals surface area contributed by atoms with Gasteiger partial charge in [0.25, 0.3) is 5.91 Å². The number of para-hydroxylation sites is 1. The molecule has 2 amide bonds. The molecular weight excluding hydrogens is 258 g/mol. The Kier molecular flexibility index (Phi) is 4.95. The first-order valence-electron chi connectivity index (χ1n) is 6.67. The topological polar surface area (TPSA) is 84.7 Å². The first-order chi connectivity index (χ1) is 9.70. The van der Waals surface area contributed by atoms with Gasteiger partial charge in [0.15, 0.2) is 6.61 Å². The third-order valence-corrected chi connectivity index (χ3v) is 3.39. The van der Waals surface area contributed by atoms with Gasteiger partial charge in [-0.05, 0) is 25.0 Å². The lowest BCUT2D eigenvalue weighted by molar-refractivity contribution is -0.137. The highest BCUT2D eigenvalue weighted by molar-refractivity contribution is 5.81. The molecule has 1 unspecified atom stereocenters. The summed E-state index contributed by atoms with van der Waals surface area (Å²) in [7, 11) is 0. The van der Waals surface area contributed by atoms with Crippen LogP contribution in [0.1, 0.15) is 12.8 Å². The highest BCUT2D eigenvalue weighted by Crippen LogP contribution is 2.17. The standard InChI is InChI=1S/C14H19N3O3/c15-16-14(19)11-5-4-8-17(9-11)13(18)10-20-12-6-2-1-3-7-12/h1-3,6-7,11H,4-5,8-10,15H2,(H,16,19). The number of nitrogens with two attached hydrogens (primary N) is 1. The molecule has 20 heavy (non-hydrogen) atoms. The molecule has 0 saturated carbocycles. The normalized spacial score (nSPS) is 18.4. The van der Waals surface area contributed by atoms with Gasteiger partial charge < -0.3 is 9.64 Å². The number of nitrogens with one attached hydrogen (secondary N) is 1. The van der Waals surface area contributed by atoms with Gasteiger partial charge in [0, 0.05) is 13.1 Å². The monoisotopic (exact) mass is 277 g/mol. The summed E-state index contributed by atoms with van der Waals surface area (Å²) in [5, 5.41) is 0. The van der Waals surface area contributed by atoms with Crippen LogP contribution in [0, 0.1) is 5.92 Å². The molecule has 1 aromatic rings. The summed E-state index contributed by atoms with van der Waals surface area (Å²) in [5.74, 6) is 5.24. The Labute approximate surface area is 117 Å². The third-order valence-electron chi connectivity index (χ3n) is 3.39. The number of benzene rings is 1. The molecule has 1 saturated heterocycles. The van der Waals surface area contributed by atoms with Gasteiger partial charge in [-0.2, -0.15) is 0 Å². The molecule has 1 atom stereocenters. The van der Waals surface area contributed by atoms with Gasteiger partial charge in [-0.1, -0.05) is 18.2 Å². The molecule has 0 bridgehead atoms. The molecule has 2 rings (SSSR count). The molecule has 1 fully saturated rings. The third kappa shape index (κ3) is 3.71. The first kappa shape index (κ1) is 14.3. The number of carbonyl (C=O) groups is 2. The second-order valence-electron chi connectivity index (χ2n) is 4.79. The van der Waals surface area contributed by atoms with E-state index in [1.54, 1.807) is 17.0 Å². The average Bonchev–Trinajstić information content (AvgIpc) is 2.53. The van der Waals surface area contributed by atoms with Crippen LogP contribution in [0.5, 0.6) is 5.75 Å². The summed E-state index contributed by atoms with van der Waals surface area (Å²) in [6.07, 6.45) is 1.56. The van der Waals surface area contributed by atoms with Crippen LogP contribution in [0.2, 0.25) is 0 Å². The summed E-state index contributed by atoms with van der Waals surface area (Å²) in [6.45, 7) is 1.05. The summed E-state index contributed by atoms with van der Waals surface area (Å²) in [6, 6.07) is 9.18.